The maximum atomic E-state index is 12.5. The van der Waals surface area contributed by atoms with Crippen LogP contribution in [0.1, 0.15) is 17.5 Å². The van der Waals surface area contributed by atoms with Crippen molar-refractivity contribution in [2.24, 2.45) is 0 Å². The minimum absolute atomic E-state index is 0.0302. The van der Waals surface area contributed by atoms with Crippen LogP contribution in [-0.2, 0) is 12.4 Å². The molecule has 104 valence electrons. The Balaban J connectivity index is 3.14. The van der Waals surface area contributed by atoms with Gasteiger partial charge in [0, 0.05) is 12.2 Å². The van der Waals surface area contributed by atoms with E-state index in [1.54, 1.807) is 6.07 Å². The number of nitrogens with zero attached hydrogens (tertiary/aromatic N) is 1. The number of rotatable bonds is 3. The van der Waals surface area contributed by atoms with Crippen LogP contribution in [0.25, 0.3) is 0 Å². The Morgan fingerprint density at radius 3 is 1.79 bits per heavy atom. The molecule has 0 aromatic heterocycles. The predicted octanol–water partition coefficient (Wildman–Crippen LogP) is 4.05. The van der Waals surface area contributed by atoms with Crippen LogP contribution in [0.15, 0.2) is 18.2 Å². The summed E-state index contributed by atoms with van der Waals surface area (Å²) in [5.41, 5.74) is -3.10. The monoisotopic (exact) mass is 282 g/mol. The number of halogens is 6. The van der Waals surface area contributed by atoms with E-state index >= 15 is 0 Å². The van der Waals surface area contributed by atoms with E-state index in [-0.39, 0.29) is 24.7 Å². The van der Waals surface area contributed by atoms with Gasteiger partial charge in [-0.15, -0.1) is 0 Å². The van der Waals surface area contributed by atoms with Crippen LogP contribution in [0.3, 0.4) is 0 Å². The van der Waals surface area contributed by atoms with Gasteiger partial charge in [0.2, 0.25) is 0 Å². The van der Waals surface area contributed by atoms with Gasteiger partial charge in [-0.25, -0.2) is 0 Å². The lowest BCUT2D eigenvalue weighted by Crippen LogP contribution is -2.12. The molecule has 2 nitrogen and oxygen atoms in total. The molecule has 0 aliphatic carbocycles. The molecule has 1 N–H and O–H groups in total. The molecule has 0 saturated carbocycles. The fourth-order valence-corrected chi connectivity index (χ4v) is 1.32. The van der Waals surface area contributed by atoms with Crippen molar-refractivity contribution >= 4 is 5.69 Å². The molecule has 0 spiro atoms. The largest absolute Gasteiger partial charge is 0.416 e. The van der Waals surface area contributed by atoms with Gasteiger partial charge in [0.15, 0.2) is 0 Å². The van der Waals surface area contributed by atoms with Gasteiger partial charge in [-0.05, 0) is 18.2 Å². The van der Waals surface area contributed by atoms with E-state index in [1.165, 1.54) is 0 Å². The van der Waals surface area contributed by atoms with Gasteiger partial charge in [0.1, 0.15) is 0 Å². The molecule has 1 rings (SSSR count). The van der Waals surface area contributed by atoms with Crippen LogP contribution >= 0.6 is 0 Å². The van der Waals surface area contributed by atoms with Crippen molar-refractivity contribution in [1.29, 1.82) is 5.26 Å². The third-order valence-corrected chi connectivity index (χ3v) is 2.15. The molecule has 1 aromatic carbocycles. The highest BCUT2D eigenvalue weighted by Crippen LogP contribution is 2.37. The summed E-state index contributed by atoms with van der Waals surface area (Å²) in [7, 11) is 0. The molecule has 1 aromatic rings. The Morgan fingerprint density at radius 1 is 0.947 bits per heavy atom. The van der Waals surface area contributed by atoms with E-state index < -0.39 is 23.5 Å². The maximum absolute atomic E-state index is 12.5. The zero-order chi connectivity index (χ0) is 14.7. The zero-order valence-electron chi connectivity index (χ0n) is 9.36. The Labute approximate surface area is 104 Å². The van der Waals surface area contributed by atoms with E-state index in [0.717, 1.165) is 0 Å². The molecule has 0 saturated heterocycles. The molecule has 0 amide bonds. The summed E-state index contributed by atoms with van der Waals surface area (Å²) in [5.74, 6) is 0. The van der Waals surface area contributed by atoms with Gasteiger partial charge in [0.05, 0.1) is 23.6 Å². The molecule has 0 fully saturated rings. The summed E-state index contributed by atoms with van der Waals surface area (Å²) in [6, 6.07) is 2.92. The van der Waals surface area contributed by atoms with Gasteiger partial charge >= 0.3 is 12.4 Å². The fourth-order valence-electron chi connectivity index (χ4n) is 1.32. The van der Waals surface area contributed by atoms with Crippen LogP contribution in [0.5, 0.6) is 0 Å². The highest BCUT2D eigenvalue weighted by atomic mass is 19.4. The number of hydrogen-bond donors (Lipinski definition) is 1. The molecular formula is C11H8F6N2. The quantitative estimate of drug-likeness (QED) is 0.670. The molecule has 0 radical (unpaired) electrons. The number of anilines is 1. The van der Waals surface area contributed by atoms with E-state index in [9.17, 15) is 26.3 Å². The third kappa shape index (κ3) is 4.35. The summed E-state index contributed by atoms with van der Waals surface area (Å²) >= 11 is 0. The smallest absolute Gasteiger partial charge is 0.384 e. The second-order valence-corrected chi connectivity index (χ2v) is 3.63. The lowest BCUT2D eigenvalue weighted by atomic mass is 10.1. The van der Waals surface area contributed by atoms with E-state index in [0.29, 0.717) is 12.1 Å². The molecule has 0 aliphatic rings. The summed E-state index contributed by atoms with van der Waals surface area (Å²) in [6.07, 6.45) is -9.77. The van der Waals surface area contributed by atoms with Gasteiger partial charge in [-0.3, -0.25) is 0 Å². The SMILES string of the molecule is N#CCCNc1cc(C(F)(F)F)cc(C(F)(F)F)c1. The normalized spacial score (nSPS) is 12.1. The first-order chi connectivity index (χ1) is 8.64. The lowest BCUT2D eigenvalue weighted by molar-refractivity contribution is -0.143. The predicted molar refractivity (Wildman–Crippen MR) is 55.2 cm³/mol. The fraction of sp³-hybridized carbons (Fsp3) is 0.364. The lowest BCUT2D eigenvalue weighted by Gasteiger charge is -2.14. The Bertz CT molecular complexity index is 451. The van der Waals surface area contributed by atoms with Crippen molar-refractivity contribution in [2.75, 3.05) is 11.9 Å². The topological polar surface area (TPSA) is 35.8 Å². The summed E-state index contributed by atoms with van der Waals surface area (Å²) in [5, 5.41) is 10.6. The number of nitrogens with one attached hydrogen (secondary N) is 1. The molecule has 0 heterocycles. The first kappa shape index (κ1) is 15.1. The average Bonchev–Trinajstić information content (AvgIpc) is 2.27. The number of alkyl halides is 6. The second kappa shape index (κ2) is 5.38. The van der Waals surface area contributed by atoms with Crippen LogP contribution in [-0.4, -0.2) is 6.54 Å². The van der Waals surface area contributed by atoms with Crippen LogP contribution < -0.4 is 5.32 Å². The summed E-state index contributed by atoms with van der Waals surface area (Å²) in [4.78, 5) is 0. The Hall–Kier alpha value is -1.91. The number of hydrogen-bond acceptors (Lipinski definition) is 2. The number of nitriles is 1. The minimum atomic E-state index is -4.87. The van der Waals surface area contributed by atoms with Gasteiger partial charge in [0.25, 0.3) is 0 Å². The number of benzene rings is 1. The van der Waals surface area contributed by atoms with E-state index in [2.05, 4.69) is 5.32 Å². The first-order valence-corrected chi connectivity index (χ1v) is 5.05. The van der Waals surface area contributed by atoms with Gasteiger partial charge in [-0.1, -0.05) is 0 Å². The molecule has 0 unspecified atom stereocenters. The molecule has 0 aliphatic heterocycles. The maximum Gasteiger partial charge on any atom is 0.416 e. The van der Waals surface area contributed by atoms with Crippen molar-refractivity contribution in [2.45, 2.75) is 18.8 Å². The van der Waals surface area contributed by atoms with E-state index in [1.807, 2.05) is 0 Å². The van der Waals surface area contributed by atoms with Crippen molar-refractivity contribution in [3.05, 3.63) is 29.3 Å². The minimum Gasteiger partial charge on any atom is -0.384 e. The van der Waals surface area contributed by atoms with Gasteiger partial charge < -0.3 is 5.32 Å². The zero-order valence-corrected chi connectivity index (χ0v) is 9.36. The summed E-state index contributed by atoms with van der Waals surface area (Å²) < 4.78 is 74.9. The van der Waals surface area contributed by atoms with Crippen molar-refractivity contribution in [3.63, 3.8) is 0 Å². The van der Waals surface area contributed by atoms with Crippen molar-refractivity contribution < 1.29 is 26.3 Å². The Kier molecular flexibility index (Phi) is 4.29. The summed E-state index contributed by atoms with van der Waals surface area (Å²) in [6.45, 7) is -0.0326. The third-order valence-electron chi connectivity index (χ3n) is 2.15. The first-order valence-electron chi connectivity index (χ1n) is 5.05. The highest BCUT2D eigenvalue weighted by molar-refractivity contribution is 5.50. The van der Waals surface area contributed by atoms with Crippen LogP contribution in [0, 0.1) is 11.3 Å². The molecule has 0 atom stereocenters. The van der Waals surface area contributed by atoms with E-state index in [4.69, 9.17) is 5.26 Å². The molecular weight excluding hydrogens is 274 g/mol. The van der Waals surface area contributed by atoms with Crippen molar-refractivity contribution in [1.82, 2.24) is 0 Å². The molecule has 19 heavy (non-hydrogen) atoms. The molecule has 0 bridgehead atoms. The highest BCUT2D eigenvalue weighted by Gasteiger charge is 2.36. The molecule has 8 heteroatoms. The second-order valence-electron chi connectivity index (χ2n) is 3.63. The van der Waals surface area contributed by atoms with Gasteiger partial charge in [-0.2, -0.15) is 31.6 Å². The Morgan fingerprint density at radius 2 is 1.42 bits per heavy atom. The van der Waals surface area contributed by atoms with Crippen LogP contribution in [0.4, 0.5) is 32.0 Å². The van der Waals surface area contributed by atoms with Crippen molar-refractivity contribution in [3.8, 4) is 6.07 Å². The standard InChI is InChI=1S/C11H8F6N2/c12-10(13,14)7-4-8(11(15,16)17)6-9(5-7)19-3-1-2-18/h4-6,19H,1,3H2. The average molecular weight is 282 g/mol. The van der Waals surface area contributed by atoms with Crippen LogP contribution in [0.2, 0.25) is 0 Å².